The first-order valence-corrected chi connectivity index (χ1v) is 9.87. The Bertz CT molecular complexity index is 1220. The maximum atomic E-state index is 13.5. The summed E-state index contributed by atoms with van der Waals surface area (Å²) in [5.41, 5.74) is 2.58. The fourth-order valence-electron chi connectivity index (χ4n) is 3.49. The van der Waals surface area contributed by atoms with Gasteiger partial charge in [-0.3, -0.25) is 9.59 Å². The molecule has 2 amide bonds. The van der Waals surface area contributed by atoms with E-state index in [4.69, 9.17) is 9.47 Å². The van der Waals surface area contributed by atoms with Gasteiger partial charge < -0.3 is 14.8 Å². The molecule has 3 aromatic carbocycles. The van der Waals surface area contributed by atoms with Crippen LogP contribution in [0.3, 0.4) is 0 Å². The Kier molecular flexibility index (Phi) is 5.64. The quantitative estimate of drug-likeness (QED) is 0.579. The average molecular weight is 432 g/mol. The Morgan fingerprint density at radius 2 is 1.53 bits per heavy atom. The van der Waals surface area contributed by atoms with Gasteiger partial charge in [0.15, 0.2) is 0 Å². The lowest BCUT2D eigenvalue weighted by Crippen LogP contribution is -2.32. The minimum atomic E-state index is -0.518. The summed E-state index contributed by atoms with van der Waals surface area (Å²) in [5.74, 6) is -0.441. The molecule has 1 aliphatic heterocycles. The molecule has 0 aromatic heterocycles. The van der Waals surface area contributed by atoms with E-state index in [1.165, 1.54) is 38.5 Å². The van der Waals surface area contributed by atoms with E-state index in [1.807, 2.05) is 19.1 Å². The summed E-state index contributed by atoms with van der Waals surface area (Å²) in [4.78, 5) is 27.9. The van der Waals surface area contributed by atoms with Crippen LogP contribution < -0.4 is 19.7 Å². The van der Waals surface area contributed by atoms with Crippen LogP contribution in [0.5, 0.6) is 11.5 Å². The van der Waals surface area contributed by atoms with Crippen LogP contribution in [0.2, 0.25) is 0 Å². The summed E-state index contributed by atoms with van der Waals surface area (Å²) >= 11 is 0. The molecule has 0 unspecified atom stereocenters. The third kappa shape index (κ3) is 3.80. The molecule has 0 saturated heterocycles. The van der Waals surface area contributed by atoms with E-state index in [9.17, 15) is 14.0 Å². The molecule has 7 heteroatoms. The zero-order valence-corrected chi connectivity index (χ0v) is 17.8. The smallest absolute Gasteiger partial charge is 0.282 e. The first-order valence-electron chi connectivity index (χ1n) is 9.87. The van der Waals surface area contributed by atoms with Gasteiger partial charge in [0.1, 0.15) is 23.0 Å². The number of halogens is 1. The molecule has 32 heavy (non-hydrogen) atoms. The molecule has 1 aliphatic rings. The molecular formula is C25H21FN2O4. The summed E-state index contributed by atoms with van der Waals surface area (Å²) < 4.78 is 24.2. The van der Waals surface area contributed by atoms with Crippen molar-refractivity contribution < 1.29 is 23.5 Å². The number of imide groups is 1. The normalized spacial score (nSPS) is 13.6. The molecule has 3 aromatic rings. The highest BCUT2D eigenvalue weighted by molar-refractivity contribution is 6.46. The number of nitrogens with one attached hydrogen (secondary N) is 1. The van der Waals surface area contributed by atoms with Crippen molar-refractivity contribution in [3.8, 4) is 11.5 Å². The van der Waals surface area contributed by atoms with E-state index in [2.05, 4.69) is 5.32 Å². The van der Waals surface area contributed by atoms with Crippen LogP contribution in [0.4, 0.5) is 15.8 Å². The van der Waals surface area contributed by atoms with Crippen molar-refractivity contribution in [3.63, 3.8) is 0 Å². The van der Waals surface area contributed by atoms with Crippen molar-refractivity contribution in [1.82, 2.24) is 0 Å². The van der Waals surface area contributed by atoms with Gasteiger partial charge in [-0.15, -0.1) is 0 Å². The highest BCUT2D eigenvalue weighted by Crippen LogP contribution is 2.36. The highest BCUT2D eigenvalue weighted by Gasteiger charge is 2.40. The zero-order chi connectivity index (χ0) is 22.8. The third-order valence-corrected chi connectivity index (χ3v) is 5.18. The Labute approximate surface area is 184 Å². The van der Waals surface area contributed by atoms with Crippen molar-refractivity contribution in [3.05, 3.63) is 89.4 Å². The fraction of sp³-hybridized carbons (Fsp3) is 0.120. The summed E-state index contributed by atoms with van der Waals surface area (Å²) in [6, 6.07) is 17.6. The number of amides is 2. The maximum absolute atomic E-state index is 13.5. The van der Waals surface area contributed by atoms with Crippen molar-refractivity contribution in [2.75, 3.05) is 24.4 Å². The third-order valence-electron chi connectivity index (χ3n) is 5.18. The Morgan fingerprint density at radius 3 is 2.16 bits per heavy atom. The monoisotopic (exact) mass is 432 g/mol. The molecule has 0 aliphatic carbocycles. The number of carbonyl (C=O) groups excluding carboxylic acids is 2. The largest absolute Gasteiger partial charge is 0.497 e. The zero-order valence-electron chi connectivity index (χ0n) is 17.8. The molecular weight excluding hydrogens is 411 g/mol. The van der Waals surface area contributed by atoms with Crippen LogP contribution in [-0.4, -0.2) is 26.0 Å². The lowest BCUT2D eigenvalue weighted by atomic mass is 10.0. The second-order valence-electron chi connectivity index (χ2n) is 7.23. The summed E-state index contributed by atoms with van der Waals surface area (Å²) in [6.07, 6.45) is 0. The number of carbonyl (C=O) groups is 2. The van der Waals surface area contributed by atoms with Crippen LogP contribution >= 0.6 is 0 Å². The van der Waals surface area contributed by atoms with Gasteiger partial charge in [0.05, 0.1) is 31.2 Å². The molecule has 0 atom stereocenters. The van der Waals surface area contributed by atoms with E-state index in [-0.39, 0.29) is 11.3 Å². The molecule has 4 rings (SSSR count). The minimum absolute atomic E-state index is 0.0747. The SMILES string of the molecule is COc1ccc(NC2=C(c3ccc(F)cc3)C(=O)N(c3ccc(C)cc3)C2=O)c(OC)c1. The number of anilines is 2. The summed E-state index contributed by atoms with van der Waals surface area (Å²) in [5, 5.41) is 3.06. The molecule has 0 radical (unpaired) electrons. The van der Waals surface area contributed by atoms with Gasteiger partial charge in [-0.2, -0.15) is 0 Å². The number of hydrogen-bond acceptors (Lipinski definition) is 5. The van der Waals surface area contributed by atoms with Gasteiger partial charge in [0.2, 0.25) is 0 Å². The molecule has 0 spiro atoms. The second kappa shape index (κ2) is 8.55. The molecule has 1 N–H and O–H groups in total. The highest BCUT2D eigenvalue weighted by atomic mass is 19.1. The predicted octanol–water partition coefficient (Wildman–Crippen LogP) is 4.55. The van der Waals surface area contributed by atoms with Crippen molar-refractivity contribution >= 4 is 28.8 Å². The number of hydrogen-bond donors (Lipinski definition) is 1. The Hall–Kier alpha value is -4.13. The van der Waals surface area contributed by atoms with E-state index in [1.54, 1.807) is 30.3 Å². The van der Waals surface area contributed by atoms with Crippen molar-refractivity contribution in [2.24, 2.45) is 0 Å². The van der Waals surface area contributed by atoms with Crippen LogP contribution in [0.1, 0.15) is 11.1 Å². The van der Waals surface area contributed by atoms with Gasteiger partial charge in [0, 0.05) is 6.07 Å². The van der Waals surface area contributed by atoms with E-state index in [0.717, 1.165) is 10.5 Å². The lowest BCUT2D eigenvalue weighted by Gasteiger charge is -2.16. The number of benzene rings is 3. The first kappa shape index (κ1) is 21.1. The number of rotatable bonds is 6. The standard InChI is InChI=1S/C25H21FN2O4/c1-15-4-10-18(11-5-15)28-24(29)22(16-6-8-17(26)9-7-16)23(25(28)30)27-20-13-12-19(31-2)14-21(20)32-3/h4-14,27H,1-3H3. The topological polar surface area (TPSA) is 67.9 Å². The molecule has 0 saturated carbocycles. The molecule has 162 valence electrons. The molecule has 0 fully saturated rings. The predicted molar refractivity (Wildman–Crippen MR) is 120 cm³/mol. The summed E-state index contributed by atoms with van der Waals surface area (Å²) in [7, 11) is 3.03. The van der Waals surface area contributed by atoms with Gasteiger partial charge in [-0.1, -0.05) is 29.8 Å². The van der Waals surface area contributed by atoms with E-state index < -0.39 is 17.6 Å². The number of methoxy groups -OCH3 is 2. The minimum Gasteiger partial charge on any atom is -0.497 e. The number of nitrogens with zero attached hydrogens (tertiary/aromatic N) is 1. The fourth-order valence-corrected chi connectivity index (χ4v) is 3.49. The number of aryl methyl sites for hydroxylation is 1. The maximum Gasteiger partial charge on any atom is 0.282 e. The Balaban J connectivity index is 1.82. The molecule has 0 bridgehead atoms. The van der Waals surface area contributed by atoms with Crippen molar-refractivity contribution in [2.45, 2.75) is 6.92 Å². The summed E-state index contributed by atoms with van der Waals surface area (Å²) in [6.45, 7) is 1.92. The number of ether oxygens (including phenoxy) is 2. The molecule has 6 nitrogen and oxygen atoms in total. The van der Waals surface area contributed by atoms with Gasteiger partial charge in [0.25, 0.3) is 11.8 Å². The van der Waals surface area contributed by atoms with E-state index in [0.29, 0.717) is 28.4 Å². The van der Waals surface area contributed by atoms with Crippen LogP contribution in [0.25, 0.3) is 5.57 Å². The van der Waals surface area contributed by atoms with Crippen LogP contribution in [-0.2, 0) is 9.59 Å². The Morgan fingerprint density at radius 1 is 0.844 bits per heavy atom. The van der Waals surface area contributed by atoms with E-state index >= 15 is 0 Å². The molecule has 1 heterocycles. The van der Waals surface area contributed by atoms with Crippen LogP contribution in [0.15, 0.2) is 72.4 Å². The lowest BCUT2D eigenvalue weighted by molar-refractivity contribution is -0.120. The van der Waals surface area contributed by atoms with Crippen molar-refractivity contribution in [1.29, 1.82) is 0 Å². The van der Waals surface area contributed by atoms with Gasteiger partial charge >= 0.3 is 0 Å². The average Bonchev–Trinajstić information content (AvgIpc) is 3.04. The second-order valence-corrected chi connectivity index (χ2v) is 7.23. The van der Waals surface area contributed by atoms with Gasteiger partial charge in [-0.05, 0) is 48.9 Å². The van der Waals surface area contributed by atoms with Gasteiger partial charge in [-0.25, -0.2) is 9.29 Å². The first-order chi connectivity index (χ1) is 15.4. The van der Waals surface area contributed by atoms with Crippen LogP contribution in [0, 0.1) is 12.7 Å².